The van der Waals surface area contributed by atoms with Crippen molar-refractivity contribution in [3.8, 4) is 5.75 Å². The lowest BCUT2D eigenvalue weighted by Crippen LogP contribution is -2.59. The highest BCUT2D eigenvalue weighted by molar-refractivity contribution is 5.95. The number of rotatable bonds is 5. The predicted molar refractivity (Wildman–Crippen MR) is 78.1 cm³/mol. The number of ether oxygens (including phenoxy) is 1. The minimum Gasteiger partial charge on any atom is -0.508 e. The molecule has 5 nitrogen and oxygen atoms in total. The van der Waals surface area contributed by atoms with Crippen LogP contribution in [0, 0.1) is 6.92 Å². The first-order valence-corrected chi connectivity index (χ1v) is 6.90. The number of aryl methyl sites for hydroxylation is 1. The monoisotopic (exact) mass is 278 g/mol. The Hall–Kier alpha value is -1.59. The van der Waals surface area contributed by atoms with Crippen molar-refractivity contribution in [1.82, 2.24) is 5.32 Å². The fraction of sp³-hybridized carbons (Fsp3) is 0.533. The molecule has 0 aromatic heterocycles. The van der Waals surface area contributed by atoms with Gasteiger partial charge in [0.15, 0.2) is 0 Å². The van der Waals surface area contributed by atoms with E-state index in [4.69, 9.17) is 4.74 Å². The van der Waals surface area contributed by atoms with Crippen molar-refractivity contribution >= 4 is 11.6 Å². The van der Waals surface area contributed by atoms with Crippen LogP contribution in [0.2, 0.25) is 0 Å². The minimum absolute atomic E-state index is 0.0567. The largest absolute Gasteiger partial charge is 0.508 e. The molecule has 110 valence electrons. The molecule has 1 fully saturated rings. The lowest BCUT2D eigenvalue weighted by Gasteiger charge is -2.39. The van der Waals surface area contributed by atoms with Gasteiger partial charge in [-0.15, -0.1) is 0 Å². The molecule has 0 aliphatic carbocycles. The average Bonchev–Trinajstić information content (AvgIpc) is 2.39. The summed E-state index contributed by atoms with van der Waals surface area (Å²) in [5.74, 6) is 0.0715. The summed E-state index contributed by atoms with van der Waals surface area (Å²) < 4.78 is 5.69. The standard InChI is InChI=1S/C15H22N2O3/c1-4-17(13-7-12(18)6-5-11(13)2)14(19)8-20-15(3)9-16-10-15/h5-7,16,18H,4,8-10H2,1-3H3. The summed E-state index contributed by atoms with van der Waals surface area (Å²) in [6.45, 7) is 7.97. The molecule has 1 aliphatic heterocycles. The normalized spacial score (nSPS) is 16.6. The van der Waals surface area contributed by atoms with E-state index in [2.05, 4.69) is 5.32 Å². The van der Waals surface area contributed by atoms with Crippen molar-refractivity contribution in [2.75, 3.05) is 31.1 Å². The van der Waals surface area contributed by atoms with Gasteiger partial charge in [0.1, 0.15) is 12.4 Å². The highest BCUT2D eigenvalue weighted by Gasteiger charge is 2.33. The number of aromatic hydroxyl groups is 1. The number of hydrogen-bond acceptors (Lipinski definition) is 4. The molecule has 0 spiro atoms. The molecule has 1 saturated heterocycles. The van der Waals surface area contributed by atoms with E-state index in [0.29, 0.717) is 6.54 Å². The first kappa shape index (κ1) is 14.8. The highest BCUT2D eigenvalue weighted by atomic mass is 16.5. The van der Waals surface area contributed by atoms with Crippen molar-refractivity contribution in [2.24, 2.45) is 0 Å². The zero-order valence-electron chi connectivity index (χ0n) is 12.3. The first-order valence-electron chi connectivity index (χ1n) is 6.90. The third-order valence-corrected chi connectivity index (χ3v) is 3.64. The molecule has 0 atom stereocenters. The van der Waals surface area contributed by atoms with Gasteiger partial charge in [-0.25, -0.2) is 0 Å². The maximum atomic E-state index is 12.3. The fourth-order valence-corrected chi connectivity index (χ4v) is 2.26. The van der Waals surface area contributed by atoms with E-state index >= 15 is 0 Å². The second kappa shape index (κ2) is 5.81. The number of anilines is 1. The molecule has 1 aliphatic rings. The van der Waals surface area contributed by atoms with Gasteiger partial charge < -0.3 is 20.1 Å². The summed E-state index contributed by atoms with van der Waals surface area (Å²) >= 11 is 0. The lowest BCUT2D eigenvalue weighted by atomic mass is 10.0. The molecule has 5 heteroatoms. The van der Waals surface area contributed by atoms with Crippen LogP contribution in [0.15, 0.2) is 18.2 Å². The van der Waals surface area contributed by atoms with Crippen LogP contribution in [0.3, 0.4) is 0 Å². The molecule has 1 aromatic carbocycles. The van der Waals surface area contributed by atoms with Crippen molar-refractivity contribution in [1.29, 1.82) is 0 Å². The van der Waals surface area contributed by atoms with Crippen LogP contribution in [-0.2, 0) is 9.53 Å². The average molecular weight is 278 g/mol. The SMILES string of the molecule is CCN(C(=O)COC1(C)CNC1)c1cc(O)ccc1C. The Labute approximate surface area is 119 Å². The van der Waals surface area contributed by atoms with Gasteiger partial charge in [0.2, 0.25) is 0 Å². The van der Waals surface area contributed by atoms with Crippen LogP contribution in [0.25, 0.3) is 0 Å². The molecule has 20 heavy (non-hydrogen) atoms. The summed E-state index contributed by atoms with van der Waals surface area (Å²) in [5, 5.41) is 12.7. The van der Waals surface area contributed by atoms with Crippen LogP contribution < -0.4 is 10.2 Å². The molecule has 1 amide bonds. The topological polar surface area (TPSA) is 61.8 Å². The molecule has 2 rings (SSSR count). The number of phenolic OH excluding ortho intramolecular Hbond substituents is 1. The molecule has 1 aromatic rings. The maximum Gasteiger partial charge on any atom is 0.253 e. The maximum absolute atomic E-state index is 12.3. The number of amides is 1. The molecular weight excluding hydrogens is 256 g/mol. The van der Waals surface area contributed by atoms with Crippen molar-refractivity contribution < 1.29 is 14.6 Å². The number of phenols is 1. The Kier molecular flexibility index (Phi) is 4.30. The molecule has 0 unspecified atom stereocenters. The van der Waals surface area contributed by atoms with Crippen LogP contribution >= 0.6 is 0 Å². The van der Waals surface area contributed by atoms with Gasteiger partial charge in [0.25, 0.3) is 5.91 Å². The Balaban J connectivity index is 2.06. The van der Waals surface area contributed by atoms with Crippen molar-refractivity contribution in [3.63, 3.8) is 0 Å². The van der Waals surface area contributed by atoms with E-state index in [9.17, 15) is 9.90 Å². The zero-order valence-corrected chi connectivity index (χ0v) is 12.3. The van der Waals surface area contributed by atoms with Crippen LogP contribution in [0.5, 0.6) is 5.75 Å². The van der Waals surface area contributed by atoms with Gasteiger partial charge in [-0.05, 0) is 32.4 Å². The van der Waals surface area contributed by atoms with Crippen LogP contribution in [0.1, 0.15) is 19.4 Å². The van der Waals surface area contributed by atoms with E-state index in [1.807, 2.05) is 20.8 Å². The fourth-order valence-electron chi connectivity index (χ4n) is 2.26. The molecule has 1 heterocycles. The van der Waals surface area contributed by atoms with E-state index in [0.717, 1.165) is 24.3 Å². The van der Waals surface area contributed by atoms with E-state index in [-0.39, 0.29) is 23.9 Å². The quantitative estimate of drug-likeness (QED) is 0.855. The predicted octanol–water partition coefficient (Wildman–Crippen LogP) is 1.43. The number of benzene rings is 1. The summed E-state index contributed by atoms with van der Waals surface area (Å²) in [6, 6.07) is 5.04. The molecule has 0 radical (unpaired) electrons. The molecule has 0 bridgehead atoms. The zero-order chi connectivity index (χ0) is 14.8. The number of nitrogens with one attached hydrogen (secondary N) is 1. The van der Waals surface area contributed by atoms with Gasteiger partial charge >= 0.3 is 0 Å². The van der Waals surface area contributed by atoms with E-state index < -0.39 is 0 Å². The lowest BCUT2D eigenvalue weighted by molar-refractivity contribution is -0.133. The van der Waals surface area contributed by atoms with Gasteiger partial charge in [-0.1, -0.05) is 6.07 Å². The van der Waals surface area contributed by atoms with Crippen molar-refractivity contribution in [3.05, 3.63) is 23.8 Å². The summed E-state index contributed by atoms with van der Waals surface area (Å²) in [6.07, 6.45) is 0. The number of hydrogen-bond donors (Lipinski definition) is 2. The van der Waals surface area contributed by atoms with Crippen LogP contribution in [-0.4, -0.2) is 42.9 Å². The first-order chi connectivity index (χ1) is 9.45. The summed E-state index contributed by atoms with van der Waals surface area (Å²) in [7, 11) is 0. The van der Waals surface area contributed by atoms with Gasteiger partial charge in [0.05, 0.1) is 11.3 Å². The number of likely N-dealkylation sites (N-methyl/N-ethyl adjacent to an activating group) is 1. The smallest absolute Gasteiger partial charge is 0.253 e. The number of carbonyl (C=O) groups is 1. The Bertz CT molecular complexity index is 498. The Morgan fingerprint density at radius 1 is 1.50 bits per heavy atom. The second-order valence-corrected chi connectivity index (χ2v) is 5.45. The van der Waals surface area contributed by atoms with Gasteiger partial charge in [0, 0.05) is 25.7 Å². The number of nitrogens with zero attached hydrogens (tertiary/aromatic N) is 1. The number of carbonyl (C=O) groups excluding carboxylic acids is 1. The highest BCUT2D eigenvalue weighted by Crippen LogP contribution is 2.25. The Morgan fingerprint density at radius 2 is 2.20 bits per heavy atom. The third kappa shape index (κ3) is 3.11. The molecular formula is C15H22N2O3. The van der Waals surface area contributed by atoms with Gasteiger partial charge in [-0.3, -0.25) is 4.79 Å². The van der Waals surface area contributed by atoms with Gasteiger partial charge in [-0.2, -0.15) is 0 Å². The summed E-state index contributed by atoms with van der Waals surface area (Å²) in [5.41, 5.74) is 1.45. The third-order valence-electron chi connectivity index (χ3n) is 3.64. The van der Waals surface area contributed by atoms with E-state index in [1.54, 1.807) is 23.1 Å². The minimum atomic E-state index is -0.233. The summed E-state index contributed by atoms with van der Waals surface area (Å²) in [4.78, 5) is 14.0. The second-order valence-electron chi connectivity index (χ2n) is 5.45. The van der Waals surface area contributed by atoms with Crippen LogP contribution in [0.4, 0.5) is 5.69 Å². The molecule has 0 saturated carbocycles. The van der Waals surface area contributed by atoms with E-state index in [1.165, 1.54) is 0 Å². The molecule has 2 N–H and O–H groups in total. The van der Waals surface area contributed by atoms with Crippen molar-refractivity contribution in [2.45, 2.75) is 26.4 Å². The Morgan fingerprint density at radius 3 is 2.75 bits per heavy atom.